The van der Waals surface area contributed by atoms with E-state index in [0.717, 1.165) is 23.0 Å². The molecule has 1 atom stereocenters. The summed E-state index contributed by atoms with van der Waals surface area (Å²) in [6.45, 7) is 5.40. The van der Waals surface area contributed by atoms with Gasteiger partial charge in [0, 0.05) is 6.21 Å². The van der Waals surface area contributed by atoms with Crippen molar-refractivity contribution in [2.75, 3.05) is 0 Å². The van der Waals surface area contributed by atoms with Crippen LogP contribution in [0.2, 0.25) is 0 Å². The zero-order valence-electron chi connectivity index (χ0n) is 9.19. The van der Waals surface area contributed by atoms with Gasteiger partial charge < -0.3 is 9.90 Å². The third-order valence-electron chi connectivity index (χ3n) is 2.17. The van der Waals surface area contributed by atoms with Gasteiger partial charge >= 0.3 is 0 Å². The molecule has 0 saturated carbocycles. The van der Waals surface area contributed by atoms with Crippen molar-refractivity contribution in [3.63, 3.8) is 0 Å². The molecule has 0 aliphatic heterocycles. The van der Waals surface area contributed by atoms with Crippen LogP contribution in [0.3, 0.4) is 0 Å². The lowest BCUT2D eigenvalue weighted by Gasteiger charge is -2.04. The molecule has 0 amide bonds. The Morgan fingerprint density at radius 3 is 2.33 bits per heavy atom. The number of benzene rings is 1. The van der Waals surface area contributed by atoms with Crippen LogP contribution in [0.15, 0.2) is 17.1 Å². The zero-order chi connectivity index (χ0) is 11.4. The smallest absolute Gasteiger partial charge is 0.144 e. The number of aromatic hydroxyl groups is 1. The van der Waals surface area contributed by atoms with Crippen molar-refractivity contribution in [1.29, 1.82) is 0 Å². The van der Waals surface area contributed by atoms with E-state index >= 15 is 0 Å². The maximum Gasteiger partial charge on any atom is 0.144 e. The van der Waals surface area contributed by atoms with Crippen LogP contribution in [0.5, 0.6) is 5.75 Å². The van der Waals surface area contributed by atoms with Crippen LogP contribution in [0.1, 0.15) is 23.6 Å². The quantitative estimate of drug-likeness (QED) is 0.606. The Hall–Kier alpha value is -1.64. The van der Waals surface area contributed by atoms with Crippen LogP contribution in [-0.2, 0) is 4.79 Å². The molecule has 0 saturated heterocycles. The second-order valence-electron chi connectivity index (χ2n) is 3.66. The summed E-state index contributed by atoms with van der Waals surface area (Å²) < 4.78 is 0. The van der Waals surface area contributed by atoms with Gasteiger partial charge in [0.2, 0.25) is 0 Å². The number of carbonyl (C=O) groups excluding carboxylic acids is 1. The highest BCUT2D eigenvalue weighted by Crippen LogP contribution is 2.22. The fraction of sp³-hybridized carbons (Fsp3) is 0.333. The highest BCUT2D eigenvalue weighted by Gasteiger charge is 2.01. The minimum atomic E-state index is -0.320. The van der Waals surface area contributed by atoms with Crippen molar-refractivity contribution in [1.82, 2.24) is 0 Å². The summed E-state index contributed by atoms with van der Waals surface area (Å²) in [6.07, 6.45) is 2.44. The third-order valence-corrected chi connectivity index (χ3v) is 2.17. The Labute approximate surface area is 89.5 Å². The Morgan fingerprint density at radius 1 is 1.33 bits per heavy atom. The van der Waals surface area contributed by atoms with Crippen molar-refractivity contribution in [2.24, 2.45) is 4.99 Å². The highest BCUT2D eigenvalue weighted by atomic mass is 16.3. The predicted octanol–water partition coefficient (Wildman–Crippen LogP) is 2.02. The normalized spacial score (nSPS) is 13.0. The molecule has 0 aliphatic rings. The molecule has 1 rings (SSSR count). The summed E-state index contributed by atoms with van der Waals surface area (Å²) in [5.41, 5.74) is 2.53. The highest BCUT2D eigenvalue weighted by molar-refractivity contribution is 5.82. The summed E-state index contributed by atoms with van der Waals surface area (Å²) in [5, 5.41) is 9.55. The average molecular weight is 205 g/mol. The number of phenols is 1. The second kappa shape index (κ2) is 4.73. The van der Waals surface area contributed by atoms with E-state index < -0.39 is 0 Å². The van der Waals surface area contributed by atoms with E-state index in [1.54, 1.807) is 13.1 Å². The Bertz CT molecular complexity index is 374. The second-order valence-corrected chi connectivity index (χ2v) is 3.66. The van der Waals surface area contributed by atoms with Crippen molar-refractivity contribution >= 4 is 12.5 Å². The molecule has 0 aromatic heterocycles. The van der Waals surface area contributed by atoms with Gasteiger partial charge in [0.05, 0.1) is 0 Å². The van der Waals surface area contributed by atoms with Gasteiger partial charge in [-0.05, 0) is 49.6 Å². The van der Waals surface area contributed by atoms with E-state index in [1.807, 2.05) is 26.0 Å². The van der Waals surface area contributed by atoms with Gasteiger partial charge in [-0.2, -0.15) is 0 Å². The summed E-state index contributed by atoms with van der Waals surface area (Å²) in [4.78, 5) is 14.4. The Balaban J connectivity index is 2.97. The number of aryl methyl sites for hydroxylation is 2. The topological polar surface area (TPSA) is 49.7 Å². The molecule has 15 heavy (non-hydrogen) atoms. The number of nitrogens with zero attached hydrogens (tertiary/aromatic N) is 1. The molecule has 3 nitrogen and oxygen atoms in total. The fourth-order valence-electron chi connectivity index (χ4n) is 1.30. The number of phenolic OH excluding ortho intramolecular Hbond substituents is 1. The van der Waals surface area contributed by atoms with Crippen molar-refractivity contribution in [2.45, 2.75) is 26.8 Å². The van der Waals surface area contributed by atoms with E-state index in [2.05, 4.69) is 4.99 Å². The molecule has 0 spiro atoms. The first kappa shape index (κ1) is 11.4. The van der Waals surface area contributed by atoms with E-state index in [-0.39, 0.29) is 6.04 Å². The number of hydrogen-bond acceptors (Lipinski definition) is 3. The third kappa shape index (κ3) is 2.91. The van der Waals surface area contributed by atoms with Crippen LogP contribution in [0.4, 0.5) is 0 Å². The van der Waals surface area contributed by atoms with Crippen LogP contribution in [0, 0.1) is 13.8 Å². The molecule has 1 aromatic carbocycles. The number of aldehydes is 1. The lowest BCUT2D eigenvalue weighted by atomic mass is 10.1. The zero-order valence-corrected chi connectivity index (χ0v) is 9.19. The summed E-state index contributed by atoms with van der Waals surface area (Å²) >= 11 is 0. The first-order valence-electron chi connectivity index (χ1n) is 4.83. The Morgan fingerprint density at radius 2 is 1.87 bits per heavy atom. The maximum absolute atomic E-state index is 10.4. The van der Waals surface area contributed by atoms with Gasteiger partial charge in [-0.1, -0.05) is 0 Å². The molecule has 80 valence electrons. The van der Waals surface area contributed by atoms with E-state index in [9.17, 15) is 9.90 Å². The molecule has 1 unspecified atom stereocenters. The summed E-state index contributed by atoms with van der Waals surface area (Å²) in [6, 6.07) is 3.35. The van der Waals surface area contributed by atoms with Crippen molar-refractivity contribution in [3.05, 3.63) is 28.8 Å². The molecule has 0 aliphatic carbocycles. The lowest BCUT2D eigenvalue weighted by Crippen LogP contribution is -1.99. The van der Waals surface area contributed by atoms with Crippen LogP contribution in [0.25, 0.3) is 0 Å². The lowest BCUT2D eigenvalue weighted by molar-refractivity contribution is -0.108. The molecule has 1 N–H and O–H groups in total. The Kier molecular flexibility index (Phi) is 3.61. The van der Waals surface area contributed by atoms with Gasteiger partial charge in [0.1, 0.15) is 18.1 Å². The van der Waals surface area contributed by atoms with Crippen LogP contribution in [-0.4, -0.2) is 23.6 Å². The molecular weight excluding hydrogens is 190 g/mol. The number of rotatable bonds is 3. The standard InChI is InChI=1S/C12H15NO2/c1-8-4-11(5-9(2)12(8)15)6-13-10(3)7-14/h4-7,10,15H,1-3H3. The summed E-state index contributed by atoms with van der Waals surface area (Å²) in [5.74, 6) is 0.315. The van der Waals surface area contributed by atoms with Crippen LogP contribution < -0.4 is 0 Å². The minimum Gasteiger partial charge on any atom is -0.507 e. The number of carbonyl (C=O) groups is 1. The molecule has 1 aromatic rings. The minimum absolute atomic E-state index is 0.315. The molecule has 0 bridgehead atoms. The number of hydrogen-bond donors (Lipinski definition) is 1. The van der Waals surface area contributed by atoms with Crippen LogP contribution >= 0.6 is 0 Å². The van der Waals surface area contributed by atoms with Gasteiger partial charge in [0.25, 0.3) is 0 Å². The summed E-state index contributed by atoms with van der Waals surface area (Å²) in [7, 11) is 0. The first-order chi connectivity index (χ1) is 7.04. The van der Waals surface area contributed by atoms with E-state index in [0.29, 0.717) is 5.75 Å². The first-order valence-corrected chi connectivity index (χ1v) is 4.83. The van der Waals surface area contributed by atoms with Crippen molar-refractivity contribution < 1.29 is 9.90 Å². The van der Waals surface area contributed by atoms with Crippen molar-refractivity contribution in [3.8, 4) is 5.75 Å². The van der Waals surface area contributed by atoms with Gasteiger partial charge in [0.15, 0.2) is 0 Å². The molecule has 0 radical (unpaired) electrons. The molecule has 3 heteroatoms. The molecule has 0 heterocycles. The van der Waals surface area contributed by atoms with E-state index in [1.165, 1.54) is 0 Å². The predicted molar refractivity (Wildman–Crippen MR) is 60.7 cm³/mol. The average Bonchev–Trinajstić information content (AvgIpc) is 2.22. The monoisotopic (exact) mass is 205 g/mol. The molecule has 0 fully saturated rings. The van der Waals surface area contributed by atoms with Gasteiger partial charge in [-0.25, -0.2) is 0 Å². The fourth-order valence-corrected chi connectivity index (χ4v) is 1.30. The SMILES string of the molecule is Cc1cc(C=NC(C)C=O)cc(C)c1O. The van der Waals surface area contributed by atoms with E-state index in [4.69, 9.17) is 0 Å². The van der Waals surface area contributed by atoms with Gasteiger partial charge in [-0.3, -0.25) is 4.99 Å². The maximum atomic E-state index is 10.4. The molecular formula is C12H15NO2. The van der Waals surface area contributed by atoms with Gasteiger partial charge in [-0.15, -0.1) is 0 Å². The number of aliphatic imine (C=N–C) groups is 1. The largest absolute Gasteiger partial charge is 0.507 e.